The second-order valence-electron chi connectivity index (χ2n) is 12.8. The standard InChI is InChI=1S/C43H31N5/c1-5-13-37-32(9-1)33-10-2-6-14-38(33)47(37)42-44-41(36-27-30-22-21-28-17-19-29(20-18-28)23-25-31(36)26-24-30)45-43(46-42)48-39-15-7-3-11-34(39)35-12-4-8-16-40(35)48/h1-20,24,26-27H,21-23,25H2. The van der Waals surface area contributed by atoms with Crippen molar-refractivity contribution < 1.29 is 0 Å². The van der Waals surface area contributed by atoms with Gasteiger partial charge in [-0.1, -0.05) is 109 Å². The van der Waals surface area contributed by atoms with Crippen LogP contribution in [0.15, 0.2) is 140 Å². The zero-order valence-electron chi connectivity index (χ0n) is 26.3. The van der Waals surface area contributed by atoms with Crippen molar-refractivity contribution in [2.24, 2.45) is 0 Å². The van der Waals surface area contributed by atoms with Gasteiger partial charge in [-0.25, -0.2) is 0 Å². The molecule has 3 heterocycles. The number of hydrogen-bond donors (Lipinski definition) is 0. The number of aryl methyl sites for hydroxylation is 4. The Hall–Kier alpha value is -6.07. The maximum absolute atomic E-state index is 5.36. The Morgan fingerprint density at radius 3 is 1.25 bits per heavy atom. The highest BCUT2D eigenvalue weighted by molar-refractivity contribution is 6.10. The van der Waals surface area contributed by atoms with Crippen LogP contribution in [-0.4, -0.2) is 24.1 Å². The molecule has 5 nitrogen and oxygen atoms in total. The zero-order chi connectivity index (χ0) is 31.6. The first kappa shape index (κ1) is 27.1. The normalized spacial score (nSPS) is 13.1. The highest BCUT2D eigenvalue weighted by Gasteiger charge is 2.21. The molecule has 4 bridgehead atoms. The summed E-state index contributed by atoms with van der Waals surface area (Å²) in [7, 11) is 0. The molecule has 0 unspecified atom stereocenters. The van der Waals surface area contributed by atoms with E-state index in [1.165, 1.54) is 43.8 Å². The van der Waals surface area contributed by atoms with Crippen molar-refractivity contribution in [1.82, 2.24) is 24.1 Å². The molecule has 0 amide bonds. The molecule has 6 aromatic carbocycles. The number of para-hydroxylation sites is 4. The van der Waals surface area contributed by atoms with Crippen LogP contribution < -0.4 is 0 Å². The van der Waals surface area contributed by atoms with Gasteiger partial charge in [0, 0.05) is 27.1 Å². The number of nitrogens with zero attached hydrogens (tertiary/aromatic N) is 5. The molecule has 9 aromatic rings. The van der Waals surface area contributed by atoms with Gasteiger partial charge in [0.25, 0.3) is 0 Å². The van der Waals surface area contributed by atoms with Gasteiger partial charge >= 0.3 is 0 Å². The van der Waals surface area contributed by atoms with Crippen molar-refractivity contribution in [3.8, 4) is 23.3 Å². The van der Waals surface area contributed by atoms with Crippen LogP contribution in [-0.2, 0) is 25.7 Å². The van der Waals surface area contributed by atoms with Gasteiger partial charge in [0.1, 0.15) is 0 Å². The van der Waals surface area contributed by atoms with Crippen molar-refractivity contribution in [1.29, 1.82) is 0 Å². The molecule has 0 aliphatic heterocycles. The van der Waals surface area contributed by atoms with Crippen molar-refractivity contribution in [2.75, 3.05) is 0 Å². The molecule has 228 valence electrons. The van der Waals surface area contributed by atoms with E-state index in [2.05, 4.69) is 149 Å². The lowest BCUT2D eigenvalue weighted by Gasteiger charge is -2.16. The van der Waals surface area contributed by atoms with E-state index in [0.29, 0.717) is 17.7 Å². The molecule has 0 atom stereocenters. The third kappa shape index (κ3) is 4.28. The van der Waals surface area contributed by atoms with Gasteiger partial charge in [-0.05, 0) is 78.3 Å². The average molecular weight is 618 g/mol. The van der Waals surface area contributed by atoms with Crippen LogP contribution in [0.2, 0.25) is 0 Å². The molecule has 0 spiro atoms. The Morgan fingerprint density at radius 2 is 0.771 bits per heavy atom. The van der Waals surface area contributed by atoms with Crippen LogP contribution >= 0.6 is 0 Å². The monoisotopic (exact) mass is 617 g/mol. The van der Waals surface area contributed by atoms with E-state index in [1.54, 1.807) is 0 Å². The summed E-state index contributed by atoms with van der Waals surface area (Å²) < 4.78 is 4.41. The third-order valence-corrected chi connectivity index (χ3v) is 10.00. The van der Waals surface area contributed by atoms with E-state index in [9.17, 15) is 0 Å². The fraction of sp³-hybridized carbons (Fsp3) is 0.0930. The first-order valence-electron chi connectivity index (χ1n) is 16.7. The summed E-state index contributed by atoms with van der Waals surface area (Å²) in [6.45, 7) is 0. The SMILES string of the molecule is c1ccc2c(c1)c1ccccc1n2-c1nc(-c2cc3ccc2CCc2ccc(cc2)CC3)nc(-n2c3ccccc3c3ccccc32)n1. The fourth-order valence-corrected chi connectivity index (χ4v) is 7.60. The third-order valence-electron chi connectivity index (χ3n) is 10.00. The molecule has 3 aromatic heterocycles. The highest BCUT2D eigenvalue weighted by atomic mass is 15.3. The molecular weight excluding hydrogens is 587 g/mol. The summed E-state index contributed by atoms with van der Waals surface area (Å²) in [6.07, 6.45) is 3.81. The average Bonchev–Trinajstić information content (AvgIpc) is 3.66. The van der Waals surface area contributed by atoms with Crippen LogP contribution in [0.1, 0.15) is 22.3 Å². The van der Waals surface area contributed by atoms with Crippen molar-refractivity contribution >= 4 is 43.6 Å². The van der Waals surface area contributed by atoms with Crippen molar-refractivity contribution in [3.05, 3.63) is 162 Å². The van der Waals surface area contributed by atoms with Gasteiger partial charge in [0.05, 0.1) is 22.1 Å². The Morgan fingerprint density at radius 1 is 0.375 bits per heavy atom. The lowest BCUT2D eigenvalue weighted by atomic mass is 9.93. The van der Waals surface area contributed by atoms with Crippen LogP contribution in [0.3, 0.4) is 0 Å². The maximum atomic E-state index is 5.36. The number of hydrogen-bond acceptors (Lipinski definition) is 3. The first-order chi connectivity index (χ1) is 23.8. The van der Waals surface area contributed by atoms with E-state index in [4.69, 9.17) is 15.0 Å². The molecule has 0 saturated heterocycles. The lowest BCUT2D eigenvalue weighted by molar-refractivity contribution is 0.884. The molecule has 0 radical (unpaired) electrons. The number of benzene rings is 6. The second-order valence-corrected chi connectivity index (χ2v) is 12.8. The Bertz CT molecular complexity index is 2440. The van der Waals surface area contributed by atoms with Gasteiger partial charge in [-0.3, -0.25) is 9.13 Å². The summed E-state index contributed by atoms with van der Waals surface area (Å²) in [5.74, 6) is 1.92. The molecule has 4 aliphatic rings. The van der Waals surface area contributed by atoms with Crippen molar-refractivity contribution in [2.45, 2.75) is 25.7 Å². The summed E-state index contributed by atoms with van der Waals surface area (Å²) >= 11 is 0. The topological polar surface area (TPSA) is 48.5 Å². The Balaban J connectivity index is 1.28. The molecule has 0 saturated carbocycles. The predicted octanol–water partition coefficient (Wildman–Crippen LogP) is 9.62. The number of fused-ring (bicyclic) bond motifs is 6. The minimum atomic E-state index is 0.613. The summed E-state index contributed by atoms with van der Waals surface area (Å²) in [5.41, 5.74) is 10.6. The highest BCUT2D eigenvalue weighted by Crippen LogP contribution is 2.35. The molecular formula is C43H31N5. The summed E-state index contributed by atoms with van der Waals surface area (Å²) in [4.78, 5) is 16.0. The van der Waals surface area contributed by atoms with E-state index in [0.717, 1.165) is 53.3 Å². The molecule has 4 aliphatic carbocycles. The molecule has 0 N–H and O–H groups in total. The first-order valence-corrected chi connectivity index (χ1v) is 16.7. The second kappa shape index (κ2) is 10.7. The minimum absolute atomic E-state index is 0.613. The maximum Gasteiger partial charge on any atom is 0.240 e. The Kier molecular flexibility index (Phi) is 6.06. The zero-order valence-corrected chi connectivity index (χ0v) is 26.3. The fourth-order valence-electron chi connectivity index (χ4n) is 7.60. The van der Waals surface area contributed by atoms with E-state index >= 15 is 0 Å². The van der Waals surface area contributed by atoms with E-state index in [-0.39, 0.29) is 0 Å². The van der Waals surface area contributed by atoms with Gasteiger partial charge in [-0.2, -0.15) is 15.0 Å². The van der Waals surface area contributed by atoms with Crippen LogP contribution in [0, 0.1) is 0 Å². The van der Waals surface area contributed by atoms with Gasteiger partial charge in [-0.15, -0.1) is 0 Å². The largest absolute Gasteiger partial charge is 0.278 e. The molecule has 0 fully saturated rings. The van der Waals surface area contributed by atoms with E-state index in [1.807, 2.05) is 0 Å². The van der Waals surface area contributed by atoms with Crippen molar-refractivity contribution in [3.63, 3.8) is 0 Å². The summed E-state index contributed by atoms with van der Waals surface area (Å²) in [6, 6.07) is 50.2. The van der Waals surface area contributed by atoms with Crippen LogP contribution in [0.4, 0.5) is 0 Å². The molecule has 13 rings (SSSR count). The van der Waals surface area contributed by atoms with Gasteiger partial charge in [0.2, 0.25) is 11.9 Å². The van der Waals surface area contributed by atoms with Crippen LogP contribution in [0.25, 0.3) is 66.9 Å². The summed E-state index contributed by atoms with van der Waals surface area (Å²) in [5, 5.41) is 4.71. The van der Waals surface area contributed by atoms with Gasteiger partial charge < -0.3 is 0 Å². The predicted molar refractivity (Wildman–Crippen MR) is 195 cm³/mol. The molecule has 48 heavy (non-hydrogen) atoms. The lowest BCUT2D eigenvalue weighted by Crippen LogP contribution is -2.11. The Labute approximate surface area is 277 Å². The van der Waals surface area contributed by atoms with Crippen LogP contribution in [0.5, 0.6) is 0 Å². The van der Waals surface area contributed by atoms with Gasteiger partial charge in [0.15, 0.2) is 5.82 Å². The number of aromatic nitrogens is 5. The minimum Gasteiger partial charge on any atom is -0.278 e. The molecule has 5 heteroatoms. The smallest absolute Gasteiger partial charge is 0.240 e. The number of rotatable bonds is 3. The quantitative estimate of drug-likeness (QED) is 0.198. The van der Waals surface area contributed by atoms with E-state index < -0.39 is 0 Å².